The van der Waals surface area contributed by atoms with Gasteiger partial charge in [0.2, 0.25) is 0 Å². The van der Waals surface area contributed by atoms with Crippen LogP contribution in [-0.4, -0.2) is 13.1 Å². The van der Waals surface area contributed by atoms with Crippen LogP contribution in [0, 0.1) is 0 Å². The Bertz CT molecular complexity index is 529. The Morgan fingerprint density at radius 2 is 1.52 bits per heavy atom. The molecule has 0 bridgehead atoms. The summed E-state index contributed by atoms with van der Waals surface area (Å²) in [5, 5.41) is 0. The number of carbonyl (C=O) groups is 1. The minimum atomic E-state index is -0.327. The molecule has 0 heterocycles. The molecule has 1 aromatic carbocycles. The van der Waals surface area contributed by atoms with Gasteiger partial charge in [0.1, 0.15) is 0 Å². The van der Waals surface area contributed by atoms with Crippen molar-refractivity contribution in [2.24, 2.45) is 0 Å². The topological polar surface area (TPSA) is 26.3 Å². The molecule has 0 aromatic heterocycles. The molecule has 0 fully saturated rings. The van der Waals surface area contributed by atoms with Crippen molar-refractivity contribution >= 4 is 18.1 Å². The third kappa shape index (κ3) is 11.4. The molecule has 0 saturated heterocycles. The highest BCUT2D eigenvalue weighted by Gasteiger charge is 1.94. The van der Waals surface area contributed by atoms with Crippen LogP contribution in [-0.2, 0) is 9.53 Å². The number of hydrogen-bond acceptors (Lipinski definition) is 2. The molecule has 0 aliphatic heterocycles. The van der Waals surface area contributed by atoms with Crippen LogP contribution in [0.3, 0.4) is 0 Å². The van der Waals surface area contributed by atoms with E-state index in [-0.39, 0.29) is 5.97 Å². The average Bonchev–Trinajstić information content (AvgIpc) is 2.64. The van der Waals surface area contributed by atoms with E-state index in [0.29, 0.717) is 0 Å². The number of esters is 1. The van der Waals surface area contributed by atoms with Crippen molar-refractivity contribution in [3.05, 3.63) is 47.5 Å². The quantitative estimate of drug-likeness (QED) is 0.224. The minimum absolute atomic E-state index is 0.327. The van der Waals surface area contributed by atoms with Gasteiger partial charge in [-0.05, 0) is 36.1 Å². The van der Waals surface area contributed by atoms with Crippen LogP contribution in [0.5, 0.6) is 0 Å². The second-order valence-corrected chi connectivity index (χ2v) is 6.55. The number of rotatable bonds is 13. The molecule has 2 nitrogen and oxygen atoms in total. The summed E-state index contributed by atoms with van der Waals surface area (Å²) >= 11 is 0. The molecule has 138 valence electrons. The van der Waals surface area contributed by atoms with E-state index in [1.807, 2.05) is 12.1 Å². The van der Waals surface area contributed by atoms with Gasteiger partial charge in [-0.2, -0.15) is 0 Å². The number of unbranched alkanes of at least 4 members (excludes halogenated alkanes) is 9. The highest BCUT2D eigenvalue weighted by Crippen LogP contribution is 2.12. The number of benzene rings is 1. The summed E-state index contributed by atoms with van der Waals surface area (Å²) < 4.78 is 4.61. The van der Waals surface area contributed by atoms with Crippen LogP contribution in [0.25, 0.3) is 12.2 Å². The maximum atomic E-state index is 11.1. The van der Waals surface area contributed by atoms with Gasteiger partial charge >= 0.3 is 5.97 Å². The molecule has 0 aliphatic rings. The third-order valence-corrected chi connectivity index (χ3v) is 4.31. The van der Waals surface area contributed by atoms with Crippen LogP contribution in [0.15, 0.2) is 36.4 Å². The fourth-order valence-corrected chi connectivity index (χ4v) is 2.79. The van der Waals surface area contributed by atoms with Crippen LogP contribution < -0.4 is 0 Å². The fourth-order valence-electron chi connectivity index (χ4n) is 2.79. The minimum Gasteiger partial charge on any atom is -0.466 e. The van der Waals surface area contributed by atoms with E-state index in [9.17, 15) is 4.79 Å². The second-order valence-electron chi connectivity index (χ2n) is 6.55. The van der Waals surface area contributed by atoms with Crippen molar-refractivity contribution < 1.29 is 9.53 Å². The van der Waals surface area contributed by atoms with Crippen molar-refractivity contribution in [2.75, 3.05) is 7.11 Å². The Morgan fingerprint density at radius 3 is 2.16 bits per heavy atom. The van der Waals surface area contributed by atoms with Crippen LogP contribution in [0.2, 0.25) is 0 Å². The molecule has 0 amide bonds. The van der Waals surface area contributed by atoms with E-state index in [4.69, 9.17) is 0 Å². The first-order valence-electron chi connectivity index (χ1n) is 9.79. The maximum Gasteiger partial charge on any atom is 0.330 e. The molecule has 0 unspecified atom stereocenters. The number of hydrogen-bond donors (Lipinski definition) is 0. The zero-order valence-electron chi connectivity index (χ0n) is 16.0. The molecular formula is C23H34O2. The predicted molar refractivity (Wildman–Crippen MR) is 108 cm³/mol. The maximum absolute atomic E-state index is 11.1. The Labute approximate surface area is 154 Å². The summed E-state index contributed by atoms with van der Waals surface area (Å²) in [5.74, 6) is -0.327. The molecule has 1 aromatic rings. The van der Waals surface area contributed by atoms with Crippen molar-refractivity contribution in [1.82, 2.24) is 0 Å². The van der Waals surface area contributed by atoms with Crippen LogP contribution in [0.1, 0.15) is 82.3 Å². The highest BCUT2D eigenvalue weighted by atomic mass is 16.5. The van der Waals surface area contributed by atoms with Gasteiger partial charge < -0.3 is 4.74 Å². The molecule has 1 rings (SSSR count). The van der Waals surface area contributed by atoms with Gasteiger partial charge in [0.25, 0.3) is 0 Å². The van der Waals surface area contributed by atoms with Crippen molar-refractivity contribution in [2.45, 2.75) is 71.1 Å². The molecule has 2 heteroatoms. The van der Waals surface area contributed by atoms with E-state index >= 15 is 0 Å². The standard InChI is InChI=1S/C23H34O2/c1-3-4-5-6-7-8-9-10-11-12-13-15-21-16-14-17-22(20-21)18-19-23(24)25-2/h13-20H,3-12H2,1-2H3/b15-13-,19-18+. The normalized spacial score (nSPS) is 11.4. The van der Waals surface area contributed by atoms with E-state index in [1.165, 1.54) is 76.5 Å². The number of ether oxygens (including phenoxy) is 1. The highest BCUT2D eigenvalue weighted by molar-refractivity contribution is 5.87. The van der Waals surface area contributed by atoms with Gasteiger partial charge in [-0.1, -0.05) is 88.6 Å². The lowest BCUT2D eigenvalue weighted by molar-refractivity contribution is -0.134. The van der Waals surface area contributed by atoms with Crippen LogP contribution in [0.4, 0.5) is 0 Å². The SMILES string of the molecule is CCCCCCCCCCC/C=C\c1cccc(/C=C/C(=O)OC)c1. The number of allylic oxidation sites excluding steroid dienone is 1. The van der Waals surface area contributed by atoms with Crippen molar-refractivity contribution in [3.63, 3.8) is 0 Å². The third-order valence-electron chi connectivity index (χ3n) is 4.31. The van der Waals surface area contributed by atoms with E-state index in [2.05, 4.69) is 35.9 Å². The first-order valence-corrected chi connectivity index (χ1v) is 9.79. The van der Waals surface area contributed by atoms with Gasteiger partial charge in [-0.3, -0.25) is 0 Å². The largest absolute Gasteiger partial charge is 0.466 e. The summed E-state index contributed by atoms with van der Waals surface area (Å²) in [5.41, 5.74) is 2.18. The molecule has 0 atom stereocenters. The van der Waals surface area contributed by atoms with Gasteiger partial charge in [-0.15, -0.1) is 0 Å². The summed E-state index contributed by atoms with van der Waals surface area (Å²) in [7, 11) is 1.39. The molecule has 0 N–H and O–H groups in total. The predicted octanol–water partition coefficient (Wildman–Crippen LogP) is 6.81. The molecule has 0 saturated carbocycles. The Morgan fingerprint density at radius 1 is 0.920 bits per heavy atom. The lowest BCUT2D eigenvalue weighted by atomic mass is 10.1. The first kappa shape index (κ1) is 21.2. The van der Waals surface area contributed by atoms with Gasteiger partial charge in [0.15, 0.2) is 0 Å². The van der Waals surface area contributed by atoms with Gasteiger partial charge in [-0.25, -0.2) is 4.79 Å². The molecule has 0 spiro atoms. The Hall–Kier alpha value is -1.83. The number of carbonyl (C=O) groups excluding carboxylic acids is 1. The summed E-state index contributed by atoms with van der Waals surface area (Å²) in [6.07, 6.45) is 21.1. The van der Waals surface area contributed by atoms with E-state index < -0.39 is 0 Å². The van der Waals surface area contributed by atoms with Crippen LogP contribution >= 0.6 is 0 Å². The Balaban J connectivity index is 2.17. The molecule has 25 heavy (non-hydrogen) atoms. The second kappa shape index (κ2) is 14.5. The lowest BCUT2D eigenvalue weighted by Crippen LogP contribution is -1.93. The summed E-state index contributed by atoms with van der Waals surface area (Å²) in [4.78, 5) is 11.1. The average molecular weight is 343 g/mol. The zero-order valence-corrected chi connectivity index (χ0v) is 16.0. The summed E-state index contributed by atoms with van der Waals surface area (Å²) in [6.45, 7) is 2.27. The van der Waals surface area contributed by atoms with E-state index in [0.717, 1.165) is 12.0 Å². The van der Waals surface area contributed by atoms with E-state index in [1.54, 1.807) is 6.08 Å². The van der Waals surface area contributed by atoms with Gasteiger partial charge in [0, 0.05) is 6.08 Å². The lowest BCUT2D eigenvalue weighted by Gasteiger charge is -2.01. The van der Waals surface area contributed by atoms with Crippen molar-refractivity contribution in [1.29, 1.82) is 0 Å². The number of methoxy groups -OCH3 is 1. The smallest absolute Gasteiger partial charge is 0.330 e. The monoisotopic (exact) mass is 342 g/mol. The van der Waals surface area contributed by atoms with Gasteiger partial charge in [0.05, 0.1) is 7.11 Å². The zero-order chi connectivity index (χ0) is 18.2. The molecular weight excluding hydrogens is 308 g/mol. The molecule has 0 radical (unpaired) electrons. The summed E-state index contributed by atoms with van der Waals surface area (Å²) in [6, 6.07) is 8.15. The fraction of sp³-hybridized carbons (Fsp3) is 0.522. The Kier molecular flexibility index (Phi) is 12.3. The first-order chi connectivity index (χ1) is 12.3. The molecule has 0 aliphatic carbocycles. The van der Waals surface area contributed by atoms with Crippen molar-refractivity contribution in [3.8, 4) is 0 Å².